The van der Waals surface area contributed by atoms with Gasteiger partial charge in [-0.1, -0.05) is 43.8 Å². The van der Waals surface area contributed by atoms with Crippen LogP contribution in [-0.4, -0.2) is 6.04 Å². The monoisotopic (exact) mass is 207 g/mol. The number of nitrogens with two attached hydrogens (primary N) is 1. The summed E-state index contributed by atoms with van der Waals surface area (Å²) in [6.45, 7) is 0. The topological polar surface area (TPSA) is 26.0 Å². The lowest BCUT2D eigenvalue weighted by Gasteiger charge is -2.26. The quantitative estimate of drug-likeness (QED) is 0.685. The van der Waals surface area contributed by atoms with E-state index in [0.29, 0.717) is 6.04 Å². The first-order valence-corrected chi connectivity index (χ1v) is 6.82. The molecule has 2 aliphatic carbocycles. The summed E-state index contributed by atoms with van der Waals surface area (Å²) in [5.41, 5.74) is 7.98. The summed E-state index contributed by atoms with van der Waals surface area (Å²) in [5.74, 6) is 0.787. The summed E-state index contributed by atoms with van der Waals surface area (Å²) in [7, 11) is 0. The smallest absolute Gasteiger partial charge is 0.0282 e. The third kappa shape index (κ3) is 3.07. The van der Waals surface area contributed by atoms with Gasteiger partial charge >= 0.3 is 0 Å². The molecule has 1 atom stereocenters. The molecule has 1 unspecified atom stereocenters. The van der Waals surface area contributed by atoms with Gasteiger partial charge in [-0.05, 0) is 38.0 Å². The molecular weight excluding hydrogens is 182 g/mol. The highest BCUT2D eigenvalue weighted by Gasteiger charge is 2.22. The van der Waals surface area contributed by atoms with Gasteiger partial charge in [0.2, 0.25) is 0 Å². The summed E-state index contributed by atoms with van der Waals surface area (Å²) in [6, 6.07) is 0.394. The van der Waals surface area contributed by atoms with Gasteiger partial charge in [0, 0.05) is 6.04 Å². The lowest BCUT2D eigenvalue weighted by Crippen LogP contribution is -2.32. The largest absolute Gasteiger partial charge is 0.324 e. The van der Waals surface area contributed by atoms with Crippen molar-refractivity contribution in [2.75, 3.05) is 0 Å². The molecule has 2 N–H and O–H groups in total. The van der Waals surface area contributed by atoms with E-state index in [4.69, 9.17) is 5.73 Å². The van der Waals surface area contributed by atoms with Crippen LogP contribution in [-0.2, 0) is 0 Å². The minimum absolute atomic E-state index is 0.394. The molecule has 0 aliphatic heterocycles. The highest BCUT2D eigenvalue weighted by molar-refractivity contribution is 5.15. The fourth-order valence-corrected chi connectivity index (χ4v) is 3.15. The maximum absolute atomic E-state index is 6.41. The van der Waals surface area contributed by atoms with E-state index in [1.165, 1.54) is 64.2 Å². The minimum Gasteiger partial charge on any atom is -0.324 e. The van der Waals surface area contributed by atoms with Gasteiger partial charge in [0.05, 0.1) is 0 Å². The Morgan fingerprint density at radius 3 is 2.27 bits per heavy atom. The summed E-state index contributed by atoms with van der Waals surface area (Å²) < 4.78 is 0. The molecule has 1 nitrogen and oxygen atoms in total. The van der Waals surface area contributed by atoms with Crippen LogP contribution in [0.4, 0.5) is 0 Å². The standard InChI is InChI=1S/C14H25N/c15-14(13-10-6-7-11-13)12-8-4-2-1-3-5-9-12/h10,12,14H,1-9,11,15H2. The first kappa shape index (κ1) is 11.2. The van der Waals surface area contributed by atoms with Gasteiger partial charge in [0.1, 0.15) is 0 Å². The molecule has 15 heavy (non-hydrogen) atoms. The molecule has 0 aromatic carbocycles. The van der Waals surface area contributed by atoms with Gasteiger partial charge in [0.15, 0.2) is 0 Å². The molecule has 1 saturated carbocycles. The second-order valence-electron chi connectivity index (χ2n) is 5.30. The molecule has 2 aliphatic rings. The summed E-state index contributed by atoms with van der Waals surface area (Å²) >= 11 is 0. The van der Waals surface area contributed by atoms with Crippen LogP contribution < -0.4 is 5.73 Å². The van der Waals surface area contributed by atoms with Crippen LogP contribution in [0.2, 0.25) is 0 Å². The van der Waals surface area contributed by atoms with E-state index in [9.17, 15) is 0 Å². The van der Waals surface area contributed by atoms with E-state index in [0.717, 1.165) is 5.92 Å². The Morgan fingerprint density at radius 1 is 1.00 bits per heavy atom. The van der Waals surface area contributed by atoms with Crippen molar-refractivity contribution < 1.29 is 0 Å². The Hall–Kier alpha value is -0.300. The van der Waals surface area contributed by atoms with Gasteiger partial charge in [-0.15, -0.1) is 0 Å². The van der Waals surface area contributed by atoms with E-state index in [1.54, 1.807) is 5.57 Å². The third-order valence-electron chi connectivity index (χ3n) is 4.16. The van der Waals surface area contributed by atoms with Crippen molar-refractivity contribution in [2.24, 2.45) is 11.7 Å². The molecule has 86 valence electrons. The lowest BCUT2D eigenvalue weighted by atomic mass is 9.83. The van der Waals surface area contributed by atoms with Crippen molar-refractivity contribution in [3.05, 3.63) is 11.6 Å². The van der Waals surface area contributed by atoms with E-state index < -0.39 is 0 Å². The van der Waals surface area contributed by atoms with Crippen LogP contribution in [0.25, 0.3) is 0 Å². The number of hydrogen-bond acceptors (Lipinski definition) is 1. The second kappa shape index (κ2) is 5.69. The van der Waals surface area contributed by atoms with Gasteiger partial charge in [-0.2, -0.15) is 0 Å². The predicted molar refractivity (Wildman–Crippen MR) is 65.7 cm³/mol. The Bertz CT molecular complexity index is 211. The molecule has 0 heterocycles. The molecule has 1 heteroatoms. The second-order valence-corrected chi connectivity index (χ2v) is 5.30. The van der Waals surface area contributed by atoms with Crippen molar-refractivity contribution in [1.82, 2.24) is 0 Å². The Labute approximate surface area is 94.1 Å². The Balaban J connectivity index is 1.88. The third-order valence-corrected chi connectivity index (χ3v) is 4.16. The number of rotatable bonds is 2. The molecule has 0 amide bonds. The fraction of sp³-hybridized carbons (Fsp3) is 0.857. The van der Waals surface area contributed by atoms with Crippen LogP contribution in [0.3, 0.4) is 0 Å². The van der Waals surface area contributed by atoms with Crippen LogP contribution >= 0.6 is 0 Å². The molecule has 0 aromatic heterocycles. The van der Waals surface area contributed by atoms with Crippen LogP contribution in [0.15, 0.2) is 11.6 Å². The van der Waals surface area contributed by atoms with Gasteiger partial charge in [-0.25, -0.2) is 0 Å². The fourth-order valence-electron chi connectivity index (χ4n) is 3.15. The predicted octanol–water partition coefficient (Wildman–Crippen LogP) is 3.78. The van der Waals surface area contributed by atoms with Crippen molar-refractivity contribution in [2.45, 2.75) is 70.3 Å². The van der Waals surface area contributed by atoms with Gasteiger partial charge < -0.3 is 5.73 Å². The first-order chi connectivity index (χ1) is 7.38. The summed E-state index contributed by atoms with van der Waals surface area (Å²) in [6.07, 6.45) is 16.2. The highest BCUT2D eigenvalue weighted by Crippen LogP contribution is 2.30. The summed E-state index contributed by atoms with van der Waals surface area (Å²) in [4.78, 5) is 0. The van der Waals surface area contributed by atoms with Crippen molar-refractivity contribution in [3.63, 3.8) is 0 Å². The molecular formula is C14H25N. The zero-order chi connectivity index (χ0) is 10.5. The molecule has 0 radical (unpaired) electrons. The lowest BCUT2D eigenvalue weighted by molar-refractivity contribution is 0.342. The van der Waals surface area contributed by atoms with Gasteiger partial charge in [0.25, 0.3) is 0 Å². The van der Waals surface area contributed by atoms with E-state index >= 15 is 0 Å². The van der Waals surface area contributed by atoms with Crippen LogP contribution in [0.5, 0.6) is 0 Å². The zero-order valence-corrected chi connectivity index (χ0v) is 9.88. The molecule has 2 rings (SSSR count). The van der Waals surface area contributed by atoms with Crippen LogP contribution in [0.1, 0.15) is 64.2 Å². The minimum atomic E-state index is 0.394. The molecule has 1 fully saturated rings. The maximum Gasteiger partial charge on any atom is 0.0282 e. The maximum atomic E-state index is 6.41. The highest BCUT2D eigenvalue weighted by atomic mass is 14.7. The normalized spacial score (nSPS) is 26.9. The SMILES string of the molecule is NC(C1=CCCC1)C1CCCCCCC1. The Kier molecular flexibility index (Phi) is 4.25. The zero-order valence-electron chi connectivity index (χ0n) is 9.88. The van der Waals surface area contributed by atoms with Crippen LogP contribution in [0, 0.1) is 5.92 Å². The first-order valence-electron chi connectivity index (χ1n) is 6.82. The molecule has 0 bridgehead atoms. The number of hydrogen-bond donors (Lipinski definition) is 1. The average Bonchev–Trinajstić information content (AvgIpc) is 2.68. The van der Waals surface area contributed by atoms with E-state index in [-0.39, 0.29) is 0 Å². The average molecular weight is 207 g/mol. The summed E-state index contributed by atoms with van der Waals surface area (Å²) in [5, 5.41) is 0. The van der Waals surface area contributed by atoms with E-state index in [2.05, 4.69) is 6.08 Å². The molecule has 0 spiro atoms. The van der Waals surface area contributed by atoms with E-state index in [1.807, 2.05) is 0 Å². The van der Waals surface area contributed by atoms with Crippen molar-refractivity contribution >= 4 is 0 Å². The Morgan fingerprint density at radius 2 is 1.67 bits per heavy atom. The molecule has 0 aromatic rings. The van der Waals surface area contributed by atoms with Crippen molar-refractivity contribution in [3.8, 4) is 0 Å². The van der Waals surface area contributed by atoms with Crippen molar-refractivity contribution in [1.29, 1.82) is 0 Å². The molecule has 0 saturated heterocycles. The van der Waals surface area contributed by atoms with Gasteiger partial charge in [-0.3, -0.25) is 0 Å². The number of allylic oxidation sites excluding steroid dienone is 1.